The van der Waals surface area contributed by atoms with Crippen LogP contribution < -0.4 is 4.74 Å². The van der Waals surface area contributed by atoms with Crippen molar-refractivity contribution in [2.24, 2.45) is 0 Å². The van der Waals surface area contributed by atoms with Crippen molar-refractivity contribution in [3.8, 4) is 17.1 Å². The summed E-state index contributed by atoms with van der Waals surface area (Å²) in [6, 6.07) is 8.57. The minimum absolute atomic E-state index is 0.564. The first-order chi connectivity index (χ1) is 14.8. The van der Waals surface area contributed by atoms with E-state index in [0.717, 1.165) is 50.3 Å². The van der Waals surface area contributed by atoms with Crippen LogP contribution in [-0.2, 0) is 11.2 Å². The summed E-state index contributed by atoms with van der Waals surface area (Å²) in [6.07, 6.45) is 18.4. The molecule has 164 valence electrons. The summed E-state index contributed by atoms with van der Waals surface area (Å²) < 4.78 is 11.2. The minimum atomic E-state index is 0.564. The average molecular weight is 411 g/mol. The summed E-state index contributed by atoms with van der Waals surface area (Å²) in [6.45, 7) is 6.70. The molecular weight excluding hydrogens is 372 g/mol. The molecule has 0 amide bonds. The van der Waals surface area contributed by atoms with Gasteiger partial charge in [-0.05, 0) is 44.1 Å². The third-order valence-corrected chi connectivity index (χ3v) is 4.93. The Labute approximate surface area is 182 Å². The molecule has 0 atom stereocenters. The van der Waals surface area contributed by atoms with E-state index in [0.29, 0.717) is 12.4 Å². The van der Waals surface area contributed by atoms with Crippen molar-refractivity contribution in [1.29, 1.82) is 0 Å². The van der Waals surface area contributed by atoms with Crippen LogP contribution in [0.2, 0.25) is 0 Å². The fourth-order valence-corrected chi connectivity index (χ4v) is 3.16. The number of benzene rings is 1. The summed E-state index contributed by atoms with van der Waals surface area (Å²) in [4.78, 5) is 8.91. The van der Waals surface area contributed by atoms with Gasteiger partial charge in [-0.3, -0.25) is 0 Å². The van der Waals surface area contributed by atoms with Gasteiger partial charge in [0.05, 0.1) is 12.4 Å². The number of aryl methyl sites for hydroxylation is 1. The summed E-state index contributed by atoms with van der Waals surface area (Å²) in [5.74, 6) is 1.44. The molecule has 0 aliphatic heterocycles. The molecule has 2 aromatic rings. The Hall–Kier alpha value is -2.20. The SMILES string of the molecule is CCCCC/C=C/COc1cnc(-c2ccc(CCCCCOCCC)cc2)nc1. The quantitative estimate of drug-likeness (QED) is 0.225. The van der Waals surface area contributed by atoms with Gasteiger partial charge in [-0.1, -0.05) is 69.5 Å². The molecule has 4 nitrogen and oxygen atoms in total. The summed E-state index contributed by atoms with van der Waals surface area (Å²) in [5.41, 5.74) is 2.40. The molecule has 30 heavy (non-hydrogen) atoms. The van der Waals surface area contributed by atoms with E-state index in [9.17, 15) is 0 Å². The zero-order valence-electron chi connectivity index (χ0n) is 18.8. The number of ether oxygens (including phenoxy) is 2. The van der Waals surface area contributed by atoms with E-state index in [2.05, 4.69) is 60.2 Å². The van der Waals surface area contributed by atoms with Crippen LogP contribution in [0.4, 0.5) is 0 Å². The Morgan fingerprint density at radius 1 is 0.800 bits per heavy atom. The van der Waals surface area contributed by atoms with Crippen LogP contribution >= 0.6 is 0 Å². The minimum Gasteiger partial charge on any atom is -0.486 e. The van der Waals surface area contributed by atoms with Crippen molar-refractivity contribution in [3.63, 3.8) is 0 Å². The molecule has 2 rings (SSSR count). The molecule has 0 spiro atoms. The maximum absolute atomic E-state index is 5.69. The molecule has 4 heteroatoms. The van der Waals surface area contributed by atoms with Gasteiger partial charge in [0.15, 0.2) is 11.6 Å². The van der Waals surface area contributed by atoms with Crippen LogP contribution in [0.5, 0.6) is 5.75 Å². The molecule has 0 fully saturated rings. The van der Waals surface area contributed by atoms with Crippen LogP contribution in [0, 0.1) is 0 Å². The maximum Gasteiger partial charge on any atom is 0.159 e. The average Bonchev–Trinajstić information content (AvgIpc) is 2.79. The summed E-state index contributed by atoms with van der Waals surface area (Å²) in [5, 5.41) is 0. The number of unbranched alkanes of at least 4 members (excludes halogenated alkanes) is 5. The van der Waals surface area contributed by atoms with Crippen molar-refractivity contribution in [1.82, 2.24) is 9.97 Å². The molecule has 0 radical (unpaired) electrons. The van der Waals surface area contributed by atoms with E-state index >= 15 is 0 Å². The predicted octanol–water partition coefficient (Wildman–Crippen LogP) is 6.80. The van der Waals surface area contributed by atoms with Crippen molar-refractivity contribution in [2.45, 2.75) is 71.6 Å². The first-order valence-electron chi connectivity index (χ1n) is 11.6. The monoisotopic (exact) mass is 410 g/mol. The van der Waals surface area contributed by atoms with Gasteiger partial charge in [0.1, 0.15) is 6.61 Å². The molecule has 0 N–H and O–H groups in total. The molecule has 1 aromatic carbocycles. The Bertz CT molecular complexity index is 696. The normalized spacial score (nSPS) is 11.3. The lowest BCUT2D eigenvalue weighted by Crippen LogP contribution is -1.97. The van der Waals surface area contributed by atoms with Crippen LogP contribution in [0.1, 0.15) is 70.8 Å². The van der Waals surface area contributed by atoms with Gasteiger partial charge in [-0.25, -0.2) is 9.97 Å². The molecular formula is C26H38N2O2. The maximum atomic E-state index is 5.69. The summed E-state index contributed by atoms with van der Waals surface area (Å²) >= 11 is 0. The van der Waals surface area contributed by atoms with Gasteiger partial charge in [0, 0.05) is 18.8 Å². The van der Waals surface area contributed by atoms with E-state index in [1.807, 2.05) is 0 Å². The number of rotatable bonds is 16. The zero-order valence-corrected chi connectivity index (χ0v) is 18.8. The van der Waals surface area contributed by atoms with E-state index in [1.165, 1.54) is 37.7 Å². The highest BCUT2D eigenvalue weighted by molar-refractivity contribution is 5.55. The lowest BCUT2D eigenvalue weighted by Gasteiger charge is -2.06. The third-order valence-electron chi connectivity index (χ3n) is 4.93. The number of allylic oxidation sites excluding steroid dienone is 1. The van der Waals surface area contributed by atoms with Crippen LogP contribution in [0.25, 0.3) is 11.4 Å². The molecule has 0 saturated carbocycles. The van der Waals surface area contributed by atoms with E-state index in [1.54, 1.807) is 12.4 Å². The van der Waals surface area contributed by atoms with Crippen molar-refractivity contribution in [2.75, 3.05) is 19.8 Å². The van der Waals surface area contributed by atoms with Crippen molar-refractivity contribution < 1.29 is 9.47 Å². The van der Waals surface area contributed by atoms with Gasteiger partial charge in [-0.15, -0.1) is 0 Å². The van der Waals surface area contributed by atoms with E-state index in [4.69, 9.17) is 9.47 Å². The second-order valence-corrected chi connectivity index (χ2v) is 7.64. The fourth-order valence-electron chi connectivity index (χ4n) is 3.16. The number of hydrogen-bond acceptors (Lipinski definition) is 4. The zero-order chi connectivity index (χ0) is 21.3. The van der Waals surface area contributed by atoms with Crippen molar-refractivity contribution in [3.05, 3.63) is 54.4 Å². The van der Waals surface area contributed by atoms with Gasteiger partial charge < -0.3 is 9.47 Å². The van der Waals surface area contributed by atoms with Gasteiger partial charge in [-0.2, -0.15) is 0 Å². The van der Waals surface area contributed by atoms with Crippen LogP contribution in [0.15, 0.2) is 48.8 Å². The van der Waals surface area contributed by atoms with Crippen LogP contribution in [-0.4, -0.2) is 29.8 Å². The molecule has 1 aromatic heterocycles. The summed E-state index contributed by atoms with van der Waals surface area (Å²) in [7, 11) is 0. The van der Waals surface area contributed by atoms with Gasteiger partial charge in [0.25, 0.3) is 0 Å². The van der Waals surface area contributed by atoms with Crippen LogP contribution in [0.3, 0.4) is 0 Å². The second kappa shape index (κ2) is 15.6. The molecule has 0 saturated heterocycles. The lowest BCUT2D eigenvalue weighted by atomic mass is 10.0. The first kappa shape index (κ1) is 24.1. The number of nitrogens with zero attached hydrogens (tertiary/aromatic N) is 2. The van der Waals surface area contributed by atoms with Crippen molar-refractivity contribution >= 4 is 0 Å². The second-order valence-electron chi connectivity index (χ2n) is 7.64. The Balaban J connectivity index is 1.69. The third kappa shape index (κ3) is 10.0. The number of aromatic nitrogens is 2. The fraction of sp³-hybridized carbons (Fsp3) is 0.538. The lowest BCUT2D eigenvalue weighted by molar-refractivity contribution is 0.130. The highest BCUT2D eigenvalue weighted by Crippen LogP contribution is 2.18. The Morgan fingerprint density at radius 3 is 2.33 bits per heavy atom. The molecule has 1 heterocycles. The Morgan fingerprint density at radius 2 is 1.60 bits per heavy atom. The van der Waals surface area contributed by atoms with E-state index in [-0.39, 0.29) is 0 Å². The molecule has 0 bridgehead atoms. The van der Waals surface area contributed by atoms with Gasteiger partial charge in [0.2, 0.25) is 0 Å². The molecule has 0 unspecified atom stereocenters. The molecule has 0 aliphatic rings. The largest absolute Gasteiger partial charge is 0.486 e. The highest BCUT2D eigenvalue weighted by atomic mass is 16.5. The molecule has 0 aliphatic carbocycles. The van der Waals surface area contributed by atoms with Gasteiger partial charge >= 0.3 is 0 Å². The standard InChI is InChI=1S/C26H38N2O2/c1-3-5-6-7-8-12-20-30-25-21-27-26(28-22-25)24-16-14-23(15-17-24)13-10-9-11-19-29-18-4-2/h8,12,14-17,21-22H,3-7,9-11,13,18-20H2,1-2H3/b12-8+. The number of hydrogen-bond donors (Lipinski definition) is 0. The Kier molecular flexibility index (Phi) is 12.5. The first-order valence-corrected chi connectivity index (χ1v) is 11.6. The smallest absolute Gasteiger partial charge is 0.159 e. The predicted molar refractivity (Wildman–Crippen MR) is 125 cm³/mol. The highest BCUT2D eigenvalue weighted by Gasteiger charge is 2.03. The topological polar surface area (TPSA) is 44.2 Å². The van der Waals surface area contributed by atoms with E-state index < -0.39 is 0 Å².